The SMILES string of the molecule is Cc1cccc(-c2nn(-c3ccccc3)cc2C(=O)N2CC(CN)CC2C)c1.Cl. The second kappa shape index (κ2) is 8.80. The Morgan fingerprint density at radius 2 is 1.93 bits per heavy atom. The molecule has 2 aromatic carbocycles. The monoisotopic (exact) mass is 410 g/mol. The number of amides is 1. The van der Waals surface area contributed by atoms with Gasteiger partial charge in [0.05, 0.1) is 11.3 Å². The van der Waals surface area contributed by atoms with E-state index in [9.17, 15) is 4.79 Å². The van der Waals surface area contributed by atoms with Gasteiger partial charge in [-0.3, -0.25) is 4.79 Å². The zero-order valence-corrected chi connectivity index (χ0v) is 17.6. The van der Waals surface area contributed by atoms with E-state index in [0.29, 0.717) is 24.6 Å². The number of aryl methyl sites for hydroxylation is 1. The summed E-state index contributed by atoms with van der Waals surface area (Å²) in [5, 5.41) is 4.79. The molecule has 29 heavy (non-hydrogen) atoms. The Labute approximate surface area is 177 Å². The summed E-state index contributed by atoms with van der Waals surface area (Å²) in [5.41, 5.74) is 10.3. The van der Waals surface area contributed by atoms with Crippen LogP contribution in [0.4, 0.5) is 0 Å². The fraction of sp³-hybridized carbons (Fsp3) is 0.304. The molecule has 6 heteroatoms. The number of halogens is 1. The number of para-hydroxylation sites is 1. The Morgan fingerprint density at radius 3 is 2.59 bits per heavy atom. The third-order valence-electron chi connectivity index (χ3n) is 5.51. The van der Waals surface area contributed by atoms with Gasteiger partial charge in [0.2, 0.25) is 0 Å². The van der Waals surface area contributed by atoms with Gasteiger partial charge in [-0.15, -0.1) is 12.4 Å². The number of nitrogens with zero attached hydrogens (tertiary/aromatic N) is 3. The van der Waals surface area contributed by atoms with Crippen molar-refractivity contribution in [3.8, 4) is 16.9 Å². The summed E-state index contributed by atoms with van der Waals surface area (Å²) in [6.45, 7) is 5.47. The number of nitrogens with two attached hydrogens (primary N) is 1. The van der Waals surface area contributed by atoms with E-state index in [1.807, 2.05) is 66.6 Å². The predicted octanol–water partition coefficient (Wildman–Crippen LogP) is 4.08. The number of carbonyl (C=O) groups excluding carboxylic acids is 1. The van der Waals surface area contributed by atoms with Crippen molar-refractivity contribution >= 4 is 18.3 Å². The molecule has 0 radical (unpaired) electrons. The summed E-state index contributed by atoms with van der Waals surface area (Å²) in [4.78, 5) is 15.4. The van der Waals surface area contributed by atoms with Gasteiger partial charge in [0.1, 0.15) is 5.69 Å². The van der Waals surface area contributed by atoms with Crippen molar-refractivity contribution in [1.29, 1.82) is 0 Å². The summed E-state index contributed by atoms with van der Waals surface area (Å²) < 4.78 is 1.80. The molecule has 4 rings (SSSR count). The zero-order chi connectivity index (χ0) is 19.7. The molecule has 2 N–H and O–H groups in total. The van der Waals surface area contributed by atoms with Gasteiger partial charge >= 0.3 is 0 Å². The van der Waals surface area contributed by atoms with Crippen LogP contribution in [0.1, 0.15) is 29.3 Å². The lowest BCUT2D eigenvalue weighted by atomic mass is 10.0. The number of hydrogen-bond donors (Lipinski definition) is 1. The van der Waals surface area contributed by atoms with Crippen molar-refractivity contribution in [2.45, 2.75) is 26.3 Å². The summed E-state index contributed by atoms with van der Waals surface area (Å²) >= 11 is 0. The summed E-state index contributed by atoms with van der Waals surface area (Å²) in [6, 6.07) is 18.2. The highest BCUT2D eigenvalue weighted by molar-refractivity contribution is 6.00. The van der Waals surface area contributed by atoms with Gasteiger partial charge < -0.3 is 10.6 Å². The van der Waals surface area contributed by atoms with Gasteiger partial charge in [0, 0.05) is 24.3 Å². The minimum Gasteiger partial charge on any atom is -0.335 e. The Kier molecular flexibility index (Phi) is 6.40. The van der Waals surface area contributed by atoms with Gasteiger partial charge in [0.15, 0.2) is 0 Å². The summed E-state index contributed by atoms with van der Waals surface area (Å²) in [5.74, 6) is 0.396. The number of hydrogen-bond acceptors (Lipinski definition) is 3. The van der Waals surface area contributed by atoms with Crippen LogP contribution in [0, 0.1) is 12.8 Å². The summed E-state index contributed by atoms with van der Waals surface area (Å²) in [6.07, 6.45) is 2.81. The van der Waals surface area contributed by atoms with Crippen molar-refractivity contribution in [3.63, 3.8) is 0 Å². The topological polar surface area (TPSA) is 64.2 Å². The van der Waals surface area contributed by atoms with Crippen molar-refractivity contribution in [3.05, 3.63) is 71.9 Å². The van der Waals surface area contributed by atoms with Crippen LogP contribution in [0.3, 0.4) is 0 Å². The van der Waals surface area contributed by atoms with E-state index >= 15 is 0 Å². The number of benzene rings is 2. The highest BCUT2D eigenvalue weighted by atomic mass is 35.5. The minimum absolute atomic E-state index is 0. The molecule has 0 bridgehead atoms. The first-order chi connectivity index (χ1) is 13.6. The van der Waals surface area contributed by atoms with Crippen molar-refractivity contribution in [1.82, 2.24) is 14.7 Å². The molecule has 2 atom stereocenters. The van der Waals surface area contributed by atoms with Gasteiger partial charge in [-0.25, -0.2) is 4.68 Å². The number of aromatic nitrogens is 2. The van der Waals surface area contributed by atoms with E-state index in [-0.39, 0.29) is 24.4 Å². The van der Waals surface area contributed by atoms with E-state index in [1.165, 1.54) is 0 Å². The van der Waals surface area contributed by atoms with Gasteiger partial charge in [-0.1, -0.05) is 42.0 Å². The number of rotatable bonds is 4. The van der Waals surface area contributed by atoms with E-state index in [1.54, 1.807) is 4.68 Å². The lowest BCUT2D eigenvalue weighted by Crippen LogP contribution is -2.34. The van der Waals surface area contributed by atoms with Crippen LogP contribution >= 0.6 is 12.4 Å². The molecule has 0 saturated carbocycles. The smallest absolute Gasteiger partial charge is 0.257 e. The highest BCUT2D eigenvalue weighted by Gasteiger charge is 2.34. The van der Waals surface area contributed by atoms with E-state index in [2.05, 4.69) is 13.0 Å². The van der Waals surface area contributed by atoms with Crippen LogP contribution in [0.2, 0.25) is 0 Å². The molecule has 2 heterocycles. The van der Waals surface area contributed by atoms with Crippen molar-refractivity contribution in [2.75, 3.05) is 13.1 Å². The highest BCUT2D eigenvalue weighted by Crippen LogP contribution is 2.29. The molecule has 0 spiro atoms. The quantitative estimate of drug-likeness (QED) is 0.704. The molecule has 0 aliphatic carbocycles. The average Bonchev–Trinajstić information content (AvgIpc) is 3.32. The molecule has 1 saturated heterocycles. The third-order valence-corrected chi connectivity index (χ3v) is 5.51. The molecular weight excluding hydrogens is 384 g/mol. The average molecular weight is 411 g/mol. The first-order valence-electron chi connectivity index (χ1n) is 9.80. The molecule has 5 nitrogen and oxygen atoms in total. The van der Waals surface area contributed by atoms with Crippen LogP contribution in [-0.2, 0) is 0 Å². The third kappa shape index (κ3) is 4.21. The molecule has 152 valence electrons. The molecule has 2 unspecified atom stereocenters. The number of likely N-dealkylation sites (tertiary alicyclic amines) is 1. The van der Waals surface area contributed by atoms with Crippen LogP contribution in [-0.4, -0.2) is 39.7 Å². The Morgan fingerprint density at radius 1 is 1.17 bits per heavy atom. The largest absolute Gasteiger partial charge is 0.335 e. The first kappa shape index (κ1) is 21.1. The molecule has 1 aliphatic rings. The molecule has 1 aliphatic heterocycles. The van der Waals surface area contributed by atoms with Crippen LogP contribution in [0.5, 0.6) is 0 Å². The lowest BCUT2D eigenvalue weighted by Gasteiger charge is -2.21. The second-order valence-electron chi connectivity index (χ2n) is 7.68. The van der Waals surface area contributed by atoms with E-state index in [0.717, 1.165) is 28.9 Å². The Hall–Kier alpha value is -2.63. The van der Waals surface area contributed by atoms with Gasteiger partial charge in [0.25, 0.3) is 5.91 Å². The van der Waals surface area contributed by atoms with Crippen LogP contribution < -0.4 is 5.73 Å². The van der Waals surface area contributed by atoms with Crippen molar-refractivity contribution < 1.29 is 4.79 Å². The van der Waals surface area contributed by atoms with E-state index in [4.69, 9.17) is 10.8 Å². The Bertz CT molecular complexity index is 986. The molecular formula is C23H27ClN4O. The van der Waals surface area contributed by atoms with Crippen molar-refractivity contribution in [2.24, 2.45) is 11.7 Å². The molecule has 3 aromatic rings. The van der Waals surface area contributed by atoms with E-state index < -0.39 is 0 Å². The predicted molar refractivity (Wildman–Crippen MR) is 119 cm³/mol. The standard InChI is InChI=1S/C23H26N4O.ClH/c1-16-7-6-8-19(11-16)22-21(15-27(25-22)20-9-4-3-5-10-20)23(28)26-14-18(13-24)12-17(26)2;/h3-11,15,17-18H,12-14,24H2,1-2H3;1H. The fourth-order valence-electron chi connectivity index (χ4n) is 4.00. The maximum absolute atomic E-state index is 13.5. The second-order valence-corrected chi connectivity index (χ2v) is 7.68. The molecule has 1 amide bonds. The lowest BCUT2D eigenvalue weighted by molar-refractivity contribution is 0.0744. The zero-order valence-electron chi connectivity index (χ0n) is 16.8. The Balaban J connectivity index is 0.00000240. The molecule has 1 fully saturated rings. The van der Waals surface area contributed by atoms with Gasteiger partial charge in [-0.05, 0) is 50.9 Å². The first-order valence-corrected chi connectivity index (χ1v) is 9.80. The van der Waals surface area contributed by atoms with Crippen LogP contribution in [0.25, 0.3) is 16.9 Å². The normalized spacial score (nSPS) is 18.5. The van der Waals surface area contributed by atoms with Gasteiger partial charge in [-0.2, -0.15) is 5.10 Å². The molecule has 1 aromatic heterocycles. The maximum Gasteiger partial charge on any atom is 0.257 e. The minimum atomic E-state index is 0. The maximum atomic E-state index is 13.5. The number of carbonyl (C=O) groups is 1. The van der Waals surface area contributed by atoms with Crippen LogP contribution in [0.15, 0.2) is 60.8 Å². The summed E-state index contributed by atoms with van der Waals surface area (Å²) in [7, 11) is 0. The fourth-order valence-corrected chi connectivity index (χ4v) is 4.00.